The van der Waals surface area contributed by atoms with Crippen LogP contribution in [0.2, 0.25) is 0 Å². The molecule has 1 N–H and O–H groups in total. The molecule has 7 nitrogen and oxygen atoms in total. The number of nitrogens with one attached hydrogen (secondary N) is 1. The lowest BCUT2D eigenvalue weighted by Crippen LogP contribution is -2.33. The number of rotatable bonds is 6. The third-order valence-corrected chi connectivity index (χ3v) is 8.44. The van der Waals surface area contributed by atoms with Crippen LogP contribution in [0.3, 0.4) is 0 Å². The minimum Gasteiger partial charge on any atom is -0.491 e. The predicted molar refractivity (Wildman–Crippen MR) is 145 cm³/mol. The van der Waals surface area contributed by atoms with Crippen LogP contribution in [-0.4, -0.2) is 49.7 Å². The zero-order valence-corrected chi connectivity index (χ0v) is 22.5. The molecule has 3 aromatic rings. The van der Waals surface area contributed by atoms with Crippen LogP contribution in [0.15, 0.2) is 53.6 Å². The number of ether oxygens (including phenoxy) is 1. The van der Waals surface area contributed by atoms with E-state index in [4.69, 9.17) is 4.74 Å². The second kappa shape index (κ2) is 10.7. The van der Waals surface area contributed by atoms with Crippen molar-refractivity contribution in [2.24, 2.45) is 0 Å². The quantitative estimate of drug-likeness (QED) is 0.463. The van der Waals surface area contributed by atoms with Crippen molar-refractivity contribution in [3.05, 3.63) is 71.2 Å². The molecule has 2 aliphatic rings. The van der Waals surface area contributed by atoms with E-state index in [-0.39, 0.29) is 30.0 Å². The summed E-state index contributed by atoms with van der Waals surface area (Å²) in [4.78, 5) is 19.4. The standard InChI is InChI=1S/C29H32FN3O4S/c1-3-23-24(10-12-26(28(23)30)38(2,35)36)29(34)33-14-15-37-25-11-8-19(16-21(25)18-33)20-9-13-27(31-17-20)32-22-6-4-5-7-22/h8-13,16-17,22H,3-7,14-15,18H2,1-2H3,(H,31,32). The largest absolute Gasteiger partial charge is 0.491 e. The smallest absolute Gasteiger partial charge is 0.254 e. The minimum absolute atomic E-state index is 0.106. The van der Waals surface area contributed by atoms with E-state index in [9.17, 15) is 13.2 Å². The molecule has 0 spiro atoms. The Kier molecular flexibility index (Phi) is 7.38. The van der Waals surface area contributed by atoms with Crippen LogP contribution in [0.1, 0.15) is 54.1 Å². The van der Waals surface area contributed by atoms with Crippen molar-refractivity contribution in [2.75, 3.05) is 24.7 Å². The van der Waals surface area contributed by atoms with Crippen molar-refractivity contribution in [1.82, 2.24) is 9.88 Å². The summed E-state index contributed by atoms with van der Waals surface area (Å²) in [5.74, 6) is 0.363. The first kappa shape index (κ1) is 26.2. The number of amides is 1. The number of halogens is 1. The van der Waals surface area contributed by atoms with Gasteiger partial charge in [0.1, 0.15) is 28.9 Å². The fourth-order valence-corrected chi connectivity index (χ4v) is 6.04. The number of aromatic nitrogens is 1. The molecule has 1 saturated carbocycles. The van der Waals surface area contributed by atoms with Crippen LogP contribution in [0, 0.1) is 5.82 Å². The molecule has 9 heteroatoms. The van der Waals surface area contributed by atoms with Gasteiger partial charge in [-0.1, -0.05) is 25.8 Å². The fraction of sp³-hybridized carbons (Fsp3) is 0.379. The van der Waals surface area contributed by atoms with Gasteiger partial charge < -0.3 is 15.0 Å². The topological polar surface area (TPSA) is 88.6 Å². The normalized spacial score (nSPS) is 16.0. The molecule has 0 bridgehead atoms. The number of hydrogen-bond donors (Lipinski definition) is 1. The van der Waals surface area contributed by atoms with Gasteiger partial charge in [0, 0.05) is 47.3 Å². The molecule has 1 aliphatic carbocycles. The van der Waals surface area contributed by atoms with E-state index in [1.807, 2.05) is 36.5 Å². The van der Waals surface area contributed by atoms with Crippen LogP contribution in [-0.2, 0) is 22.8 Å². The lowest BCUT2D eigenvalue weighted by atomic mass is 10.0. The van der Waals surface area contributed by atoms with Crippen LogP contribution >= 0.6 is 0 Å². The van der Waals surface area contributed by atoms with Gasteiger partial charge in [0.2, 0.25) is 0 Å². The number of anilines is 1. The van der Waals surface area contributed by atoms with Gasteiger partial charge in [0.05, 0.1) is 6.54 Å². The number of pyridine rings is 1. The van der Waals surface area contributed by atoms with E-state index in [0.29, 0.717) is 24.9 Å². The van der Waals surface area contributed by atoms with E-state index in [0.717, 1.165) is 28.8 Å². The van der Waals surface area contributed by atoms with Gasteiger partial charge in [0.15, 0.2) is 9.84 Å². The predicted octanol–water partition coefficient (Wildman–Crippen LogP) is 5.24. The summed E-state index contributed by atoms with van der Waals surface area (Å²) in [6.45, 7) is 2.61. The maximum absolute atomic E-state index is 15.1. The van der Waals surface area contributed by atoms with Crippen molar-refractivity contribution in [3.8, 4) is 16.9 Å². The Morgan fingerprint density at radius 3 is 2.58 bits per heavy atom. The summed E-state index contributed by atoms with van der Waals surface area (Å²) in [7, 11) is -3.75. The molecule has 38 heavy (non-hydrogen) atoms. The summed E-state index contributed by atoms with van der Waals surface area (Å²) >= 11 is 0. The van der Waals surface area contributed by atoms with E-state index in [1.165, 1.54) is 37.8 Å². The molecule has 0 atom stereocenters. The molecule has 0 saturated heterocycles. The van der Waals surface area contributed by atoms with Crippen LogP contribution in [0.5, 0.6) is 5.75 Å². The molecular weight excluding hydrogens is 505 g/mol. The van der Waals surface area contributed by atoms with Crippen LogP contribution in [0.25, 0.3) is 11.1 Å². The van der Waals surface area contributed by atoms with Gasteiger partial charge >= 0.3 is 0 Å². The first-order valence-corrected chi connectivity index (χ1v) is 14.9. The Balaban J connectivity index is 1.38. The monoisotopic (exact) mass is 537 g/mol. The molecule has 1 fully saturated rings. The SMILES string of the molecule is CCc1c(C(=O)N2CCOc3ccc(-c4ccc(NC5CCCC5)nc4)cc3C2)ccc(S(C)(=O)=O)c1F. The number of carbonyl (C=O) groups excluding carboxylic acids is 1. The van der Waals surface area contributed by atoms with Crippen molar-refractivity contribution >= 4 is 21.6 Å². The zero-order valence-electron chi connectivity index (χ0n) is 21.7. The third kappa shape index (κ3) is 5.38. The average Bonchev–Trinajstić information content (AvgIpc) is 3.31. The second-order valence-electron chi connectivity index (χ2n) is 9.99. The highest BCUT2D eigenvalue weighted by atomic mass is 32.2. The van der Waals surface area contributed by atoms with Gasteiger partial charge in [-0.2, -0.15) is 0 Å². The van der Waals surface area contributed by atoms with E-state index in [1.54, 1.807) is 11.8 Å². The highest BCUT2D eigenvalue weighted by molar-refractivity contribution is 7.90. The maximum Gasteiger partial charge on any atom is 0.254 e. The number of sulfone groups is 1. The van der Waals surface area contributed by atoms with Crippen LogP contribution in [0.4, 0.5) is 10.2 Å². The molecular formula is C29H32FN3O4S. The van der Waals surface area contributed by atoms with Gasteiger partial charge in [-0.25, -0.2) is 17.8 Å². The highest BCUT2D eigenvalue weighted by Gasteiger charge is 2.27. The number of nitrogens with zero attached hydrogens (tertiary/aromatic N) is 2. The van der Waals surface area contributed by atoms with Gasteiger partial charge in [-0.05, 0) is 61.2 Å². The number of fused-ring (bicyclic) bond motifs is 1. The van der Waals surface area contributed by atoms with Crippen LogP contribution < -0.4 is 10.1 Å². The first-order chi connectivity index (χ1) is 18.2. The Morgan fingerprint density at radius 2 is 1.89 bits per heavy atom. The third-order valence-electron chi connectivity index (χ3n) is 7.32. The molecule has 1 aromatic heterocycles. The molecule has 0 unspecified atom stereocenters. The Labute approximate surface area is 223 Å². The first-order valence-electron chi connectivity index (χ1n) is 13.0. The lowest BCUT2D eigenvalue weighted by Gasteiger charge is -2.22. The van der Waals surface area contributed by atoms with E-state index >= 15 is 4.39 Å². The molecule has 1 aliphatic heterocycles. The maximum atomic E-state index is 15.1. The number of hydrogen-bond acceptors (Lipinski definition) is 6. The molecule has 2 heterocycles. The fourth-order valence-electron chi connectivity index (χ4n) is 5.28. The lowest BCUT2D eigenvalue weighted by molar-refractivity contribution is 0.0731. The van der Waals surface area contributed by atoms with E-state index < -0.39 is 20.5 Å². The number of benzene rings is 2. The summed E-state index contributed by atoms with van der Waals surface area (Å²) in [6.07, 6.45) is 7.87. The molecule has 5 rings (SSSR count). The Hall–Kier alpha value is -3.46. The molecule has 200 valence electrons. The van der Waals surface area contributed by atoms with Crippen molar-refractivity contribution < 1.29 is 22.3 Å². The molecule has 1 amide bonds. The zero-order chi connectivity index (χ0) is 26.9. The van der Waals surface area contributed by atoms with E-state index in [2.05, 4.69) is 10.3 Å². The number of carbonyl (C=O) groups is 1. The van der Waals surface area contributed by atoms with Gasteiger partial charge in [-0.15, -0.1) is 0 Å². The Morgan fingerprint density at radius 1 is 1.13 bits per heavy atom. The summed E-state index contributed by atoms with van der Waals surface area (Å²) in [6, 6.07) is 13.0. The highest BCUT2D eigenvalue weighted by Crippen LogP contribution is 2.31. The summed E-state index contributed by atoms with van der Waals surface area (Å²) in [5, 5.41) is 3.50. The average molecular weight is 538 g/mol. The summed E-state index contributed by atoms with van der Waals surface area (Å²) < 4.78 is 44.9. The van der Waals surface area contributed by atoms with Crippen molar-refractivity contribution in [1.29, 1.82) is 0 Å². The van der Waals surface area contributed by atoms with Gasteiger partial charge in [-0.3, -0.25) is 4.79 Å². The Bertz CT molecular complexity index is 1450. The summed E-state index contributed by atoms with van der Waals surface area (Å²) in [5.41, 5.74) is 3.03. The van der Waals surface area contributed by atoms with Gasteiger partial charge in [0.25, 0.3) is 5.91 Å². The minimum atomic E-state index is -3.75. The molecule has 2 aromatic carbocycles. The second-order valence-corrected chi connectivity index (χ2v) is 12.0. The van der Waals surface area contributed by atoms with Crippen molar-refractivity contribution in [3.63, 3.8) is 0 Å². The van der Waals surface area contributed by atoms with Crippen molar-refractivity contribution in [2.45, 2.75) is 56.5 Å². The molecule has 0 radical (unpaired) electrons.